The fourth-order valence-electron chi connectivity index (χ4n) is 3.56. The Kier molecular flexibility index (Phi) is 5.09. The third-order valence-electron chi connectivity index (χ3n) is 4.92. The van der Waals surface area contributed by atoms with Gasteiger partial charge in [-0.1, -0.05) is 30.3 Å². The minimum absolute atomic E-state index is 0.157. The molecule has 2 atom stereocenters. The quantitative estimate of drug-likeness (QED) is 0.703. The molecule has 4 nitrogen and oxygen atoms in total. The highest BCUT2D eigenvalue weighted by atomic mass is 19.1. The van der Waals surface area contributed by atoms with E-state index in [2.05, 4.69) is 39.8 Å². The second kappa shape index (κ2) is 7.81. The molecule has 2 heterocycles. The van der Waals surface area contributed by atoms with Gasteiger partial charge >= 0.3 is 0 Å². The van der Waals surface area contributed by atoms with E-state index >= 15 is 0 Å². The summed E-state index contributed by atoms with van der Waals surface area (Å²) in [6.07, 6.45) is 3.04. The number of hydrogen-bond acceptors (Lipinski definition) is 3. The average Bonchev–Trinajstić information content (AvgIpc) is 3.33. The van der Waals surface area contributed by atoms with Crippen LogP contribution in [0.1, 0.15) is 23.7 Å². The minimum atomic E-state index is -0.235. The van der Waals surface area contributed by atoms with Gasteiger partial charge in [-0.05, 0) is 36.2 Å². The Balaban J connectivity index is 1.38. The Morgan fingerprint density at radius 3 is 2.73 bits per heavy atom. The number of ether oxygens (including phenoxy) is 1. The summed E-state index contributed by atoms with van der Waals surface area (Å²) in [7, 11) is 0. The van der Waals surface area contributed by atoms with Gasteiger partial charge in [0.15, 0.2) is 0 Å². The Morgan fingerprint density at radius 2 is 1.92 bits per heavy atom. The van der Waals surface area contributed by atoms with Gasteiger partial charge in [-0.2, -0.15) is 5.10 Å². The van der Waals surface area contributed by atoms with Crippen LogP contribution in [0, 0.1) is 11.7 Å². The van der Waals surface area contributed by atoms with E-state index in [1.54, 1.807) is 12.1 Å². The molecule has 3 aromatic rings. The van der Waals surface area contributed by atoms with Crippen molar-refractivity contribution in [3.05, 3.63) is 77.7 Å². The van der Waals surface area contributed by atoms with E-state index in [0.29, 0.717) is 12.5 Å². The molecule has 0 unspecified atom stereocenters. The molecule has 2 N–H and O–H groups in total. The van der Waals surface area contributed by atoms with Gasteiger partial charge in [0.1, 0.15) is 5.82 Å². The van der Waals surface area contributed by atoms with E-state index < -0.39 is 0 Å². The van der Waals surface area contributed by atoms with E-state index in [1.807, 2.05) is 12.3 Å². The molecule has 1 saturated heterocycles. The lowest BCUT2D eigenvalue weighted by molar-refractivity contribution is 0.0904. The van der Waals surface area contributed by atoms with Gasteiger partial charge in [0, 0.05) is 36.7 Å². The molecule has 134 valence electrons. The predicted molar refractivity (Wildman–Crippen MR) is 98.9 cm³/mol. The zero-order valence-electron chi connectivity index (χ0n) is 14.5. The van der Waals surface area contributed by atoms with E-state index in [1.165, 1.54) is 17.7 Å². The number of benzene rings is 2. The standard InChI is InChI=1S/C21H22FN3O/c22-19-8-6-15(7-9-19)20-18(14-24-25-20)13-23-12-17-10-11-26-21(17)16-4-2-1-3-5-16/h1-9,14,17,21,23H,10-13H2,(H,24,25)/t17-,21-/m0/s1. The van der Waals surface area contributed by atoms with Crippen LogP contribution in [0.5, 0.6) is 0 Å². The molecule has 1 aromatic heterocycles. The highest BCUT2D eigenvalue weighted by Crippen LogP contribution is 2.34. The van der Waals surface area contributed by atoms with Crippen molar-refractivity contribution in [1.29, 1.82) is 0 Å². The number of nitrogens with one attached hydrogen (secondary N) is 2. The summed E-state index contributed by atoms with van der Waals surface area (Å²) < 4.78 is 19.1. The summed E-state index contributed by atoms with van der Waals surface area (Å²) in [4.78, 5) is 0. The van der Waals surface area contributed by atoms with Gasteiger partial charge in [-0.25, -0.2) is 4.39 Å². The lowest BCUT2D eigenvalue weighted by atomic mass is 9.95. The van der Waals surface area contributed by atoms with E-state index in [-0.39, 0.29) is 11.9 Å². The van der Waals surface area contributed by atoms with Crippen LogP contribution < -0.4 is 5.32 Å². The van der Waals surface area contributed by atoms with Crippen LogP contribution in [0.4, 0.5) is 4.39 Å². The first-order chi connectivity index (χ1) is 12.8. The second-order valence-corrected chi connectivity index (χ2v) is 6.66. The maximum atomic E-state index is 13.1. The maximum absolute atomic E-state index is 13.1. The number of aromatic nitrogens is 2. The molecule has 0 spiro atoms. The van der Waals surface area contributed by atoms with Crippen molar-refractivity contribution in [3.8, 4) is 11.3 Å². The SMILES string of the molecule is Fc1ccc(-c2[nH]ncc2CNC[C@@H]2CCO[C@H]2c2ccccc2)cc1. The summed E-state index contributed by atoms with van der Waals surface area (Å²) in [6, 6.07) is 16.9. The summed E-state index contributed by atoms with van der Waals surface area (Å²) in [5.41, 5.74) is 4.19. The van der Waals surface area contributed by atoms with Gasteiger partial charge in [-0.3, -0.25) is 5.10 Å². The van der Waals surface area contributed by atoms with E-state index in [4.69, 9.17) is 4.74 Å². The van der Waals surface area contributed by atoms with Crippen molar-refractivity contribution < 1.29 is 9.13 Å². The molecule has 0 amide bonds. The molecule has 0 aliphatic carbocycles. The molecule has 0 bridgehead atoms. The van der Waals surface area contributed by atoms with Crippen molar-refractivity contribution in [2.75, 3.05) is 13.2 Å². The molecule has 26 heavy (non-hydrogen) atoms. The summed E-state index contributed by atoms with van der Waals surface area (Å²) >= 11 is 0. The van der Waals surface area contributed by atoms with Crippen molar-refractivity contribution in [2.24, 2.45) is 5.92 Å². The van der Waals surface area contributed by atoms with Crippen LogP contribution in [-0.2, 0) is 11.3 Å². The molecule has 0 saturated carbocycles. The van der Waals surface area contributed by atoms with Crippen molar-refractivity contribution in [1.82, 2.24) is 15.5 Å². The fourth-order valence-corrected chi connectivity index (χ4v) is 3.56. The number of aromatic amines is 1. The molecule has 1 aliphatic rings. The first-order valence-electron chi connectivity index (χ1n) is 8.97. The Labute approximate surface area is 152 Å². The Bertz CT molecular complexity index is 832. The third-order valence-corrected chi connectivity index (χ3v) is 4.92. The number of rotatable bonds is 6. The number of nitrogens with zero attached hydrogens (tertiary/aromatic N) is 1. The van der Waals surface area contributed by atoms with E-state index in [0.717, 1.165) is 36.4 Å². The average molecular weight is 351 g/mol. The summed E-state index contributed by atoms with van der Waals surface area (Å²) in [5.74, 6) is 0.222. The van der Waals surface area contributed by atoms with Crippen LogP contribution in [0.15, 0.2) is 60.8 Å². The van der Waals surface area contributed by atoms with Crippen molar-refractivity contribution >= 4 is 0 Å². The van der Waals surface area contributed by atoms with Crippen LogP contribution in [-0.4, -0.2) is 23.3 Å². The predicted octanol–water partition coefficient (Wildman–Crippen LogP) is 4.08. The van der Waals surface area contributed by atoms with Crippen LogP contribution >= 0.6 is 0 Å². The van der Waals surface area contributed by atoms with Crippen LogP contribution in [0.3, 0.4) is 0 Å². The highest BCUT2D eigenvalue weighted by Gasteiger charge is 2.29. The topological polar surface area (TPSA) is 49.9 Å². The molecule has 1 aliphatic heterocycles. The highest BCUT2D eigenvalue weighted by molar-refractivity contribution is 5.62. The molecular weight excluding hydrogens is 329 g/mol. The second-order valence-electron chi connectivity index (χ2n) is 6.66. The number of halogens is 1. The number of H-pyrrole nitrogens is 1. The van der Waals surface area contributed by atoms with E-state index in [9.17, 15) is 4.39 Å². The molecule has 1 fully saturated rings. The molecule has 5 heteroatoms. The first kappa shape index (κ1) is 16.9. The van der Waals surface area contributed by atoms with Gasteiger partial charge in [0.05, 0.1) is 18.0 Å². The minimum Gasteiger partial charge on any atom is -0.373 e. The molecular formula is C21H22FN3O. The largest absolute Gasteiger partial charge is 0.373 e. The third kappa shape index (κ3) is 3.69. The lowest BCUT2D eigenvalue weighted by Gasteiger charge is -2.19. The summed E-state index contributed by atoms with van der Waals surface area (Å²) in [5, 5.41) is 10.7. The van der Waals surface area contributed by atoms with Gasteiger partial charge < -0.3 is 10.1 Å². The zero-order valence-corrected chi connectivity index (χ0v) is 14.5. The molecule has 2 aromatic carbocycles. The Hall–Kier alpha value is -2.50. The van der Waals surface area contributed by atoms with Gasteiger partial charge in [-0.15, -0.1) is 0 Å². The van der Waals surface area contributed by atoms with Crippen LogP contribution in [0.25, 0.3) is 11.3 Å². The van der Waals surface area contributed by atoms with Gasteiger partial charge in [0.2, 0.25) is 0 Å². The Morgan fingerprint density at radius 1 is 1.12 bits per heavy atom. The van der Waals surface area contributed by atoms with Crippen molar-refractivity contribution in [3.63, 3.8) is 0 Å². The molecule has 4 rings (SSSR count). The summed E-state index contributed by atoms with van der Waals surface area (Å²) in [6.45, 7) is 2.40. The zero-order chi connectivity index (χ0) is 17.8. The first-order valence-corrected chi connectivity index (χ1v) is 8.97. The lowest BCUT2D eigenvalue weighted by Crippen LogP contribution is -2.24. The van der Waals surface area contributed by atoms with Gasteiger partial charge in [0.25, 0.3) is 0 Å². The monoisotopic (exact) mass is 351 g/mol. The maximum Gasteiger partial charge on any atom is 0.123 e. The smallest absolute Gasteiger partial charge is 0.123 e. The normalized spacial score (nSPS) is 19.7. The fraction of sp³-hybridized carbons (Fsp3) is 0.286. The molecule has 0 radical (unpaired) electrons. The van der Waals surface area contributed by atoms with Crippen molar-refractivity contribution in [2.45, 2.75) is 19.1 Å². The number of hydrogen-bond donors (Lipinski definition) is 2. The van der Waals surface area contributed by atoms with Crippen LogP contribution in [0.2, 0.25) is 0 Å².